The molecule has 2 amide bonds. The van der Waals surface area contributed by atoms with Gasteiger partial charge in [0.2, 0.25) is 11.8 Å². The van der Waals surface area contributed by atoms with E-state index in [-0.39, 0.29) is 28.7 Å². The minimum Gasteiger partial charge on any atom is -0.352 e. The van der Waals surface area contributed by atoms with Crippen LogP contribution >= 0.6 is 0 Å². The average Bonchev–Trinajstić information content (AvgIpc) is 2.96. The molecule has 3 aromatic carbocycles. The SMILES string of the molecule is CC(C(=O)NC1CCCCC1)N(Cc1ccccc1F)C(=O)CN(c1ccc(F)cc1)S(=O)(=O)c1ccccc1. The molecular formula is C30H33F2N3O4S. The first-order valence-electron chi connectivity index (χ1n) is 13.3. The number of benzene rings is 3. The first kappa shape index (κ1) is 29.2. The summed E-state index contributed by atoms with van der Waals surface area (Å²) in [4.78, 5) is 28.3. The first-order chi connectivity index (χ1) is 19.2. The van der Waals surface area contributed by atoms with E-state index in [0.717, 1.165) is 48.5 Å². The van der Waals surface area contributed by atoms with E-state index in [1.54, 1.807) is 31.2 Å². The van der Waals surface area contributed by atoms with Crippen LogP contribution in [-0.4, -0.2) is 43.8 Å². The lowest BCUT2D eigenvalue weighted by Crippen LogP contribution is -2.53. The number of amides is 2. The molecule has 1 aliphatic rings. The lowest BCUT2D eigenvalue weighted by atomic mass is 9.95. The number of nitrogens with one attached hydrogen (secondary N) is 1. The van der Waals surface area contributed by atoms with Gasteiger partial charge in [0.25, 0.3) is 10.0 Å². The van der Waals surface area contributed by atoms with Crippen molar-refractivity contribution in [3.05, 3.63) is 96.1 Å². The van der Waals surface area contributed by atoms with E-state index in [1.165, 1.54) is 47.4 Å². The van der Waals surface area contributed by atoms with Crippen LogP contribution in [0.3, 0.4) is 0 Å². The molecule has 0 radical (unpaired) electrons. The van der Waals surface area contributed by atoms with Gasteiger partial charge in [0.15, 0.2) is 0 Å². The second-order valence-electron chi connectivity index (χ2n) is 9.93. The Balaban J connectivity index is 1.67. The Morgan fingerprint density at radius 2 is 1.52 bits per heavy atom. The van der Waals surface area contributed by atoms with Crippen molar-refractivity contribution >= 4 is 27.5 Å². The zero-order valence-electron chi connectivity index (χ0n) is 22.3. The van der Waals surface area contributed by atoms with Crippen LogP contribution in [0.5, 0.6) is 0 Å². The fourth-order valence-electron chi connectivity index (χ4n) is 4.82. The summed E-state index contributed by atoms with van der Waals surface area (Å²) in [6.07, 6.45) is 4.79. The van der Waals surface area contributed by atoms with Crippen LogP contribution < -0.4 is 9.62 Å². The summed E-state index contributed by atoms with van der Waals surface area (Å²) in [6.45, 7) is 0.622. The van der Waals surface area contributed by atoms with Crippen molar-refractivity contribution in [1.29, 1.82) is 0 Å². The van der Waals surface area contributed by atoms with Crippen LogP contribution in [0.1, 0.15) is 44.6 Å². The van der Waals surface area contributed by atoms with Gasteiger partial charge in [0.05, 0.1) is 10.6 Å². The highest BCUT2D eigenvalue weighted by Crippen LogP contribution is 2.25. The number of carbonyl (C=O) groups excluding carboxylic acids is 2. The van der Waals surface area contributed by atoms with Crippen LogP contribution in [0, 0.1) is 11.6 Å². The van der Waals surface area contributed by atoms with Crippen molar-refractivity contribution in [2.24, 2.45) is 0 Å². The normalized spacial score (nSPS) is 14.8. The maximum Gasteiger partial charge on any atom is 0.264 e. The van der Waals surface area contributed by atoms with Gasteiger partial charge in [0, 0.05) is 18.2 Å². The van der Waals surface area contributed by atoms with Gasteiger partial charge in [-0.05, 0) is 62.2 Å². The van der Waals surface area contributed by atoms with Gasteiger partial charge in [-0.25, -0.2) is 17.2 Å². The third kappa shape index (κ3) is 7.04. The van der Waals surface area contributed by atoms with Crippen LogP contribution in [0.15, 0.2) is 83.8 Å². The monoisotopic (exact) mass is 569 g/mol. The molecule has 212 valence electrons. The molecule has 1 fully saturated rings. The van der Waals surface area contributed by atoms with Gasteiger partial charge in [0.1, 0.15) is 24.2 Å². The van der Waals surface area contributed by atoms with Crippen molar-refractivity contribution in [3.63, 3.8) is 0 Å². The molecule has 1 atom stereocenters. The zero-order valence-corrected chi connectivity index (χ0v) is 23.1. The molecule has 0 saturated heterocycles. The predicted molar refractivity (Wildman–Crippen MR) is 149 cm³/mol. The third-order valence-electron chi connectivity index (χ3n) is 7.14. The molecular weight excluding hydrogens is 536 g/mol. The minimum atomic E-state index is -4.26. The number of halogens is 2. The highest BCUT2D eigenvalue weighted by atomic mass is 32.2. The van der Waals surface area contributed by atoms with Crippen molar-refractivity contribution < 1.29 is 26.8 Å². The number of sulfonamides is 1. The topological polar surface area (TPSA) is 86.8 Å². The summed E-state index contributed by atoms with van der Waals surface area (Å²) in [5.74, 6) is -2.22. The van der Waals surface area contributed by atoms with Gasteiger partial charge in [-0.1, -0.05) is 55.7 Å². The smallest absolute Gasteiger partial charge is 0.264 e. The summed E-state index contributed by atoms with van der Waals surface area (Å²) in [5.41, 5.74) is 0.260. The maximum absolute atomic E-state index is 14.6. The lowest BCUT2D eigenvalue weighted by Gasteiger charge is -2.33. The molecule has 0 aromatic heterocycles. The van der Waals surface area contributed by atoms with Gasteiger partial charge in [-0.3, -0.25) is 13.9 Å². The maximum atomic E-state index is 14.6. The number of rotatable bonds is 10. The van der Waals surface area contributed by atoms with Crippen LogP contribution in [0.2, 0.25) is 0 Å². The number of hydrogen-bond donors (Lipinski definition) is 1. The first-order valence-corrected chi connectivity index (χ1v) is 14.8. The van der Waals surface area contributed by atoms with Gasteiger partial charge < -0.3 is 10.2 Å². The van der Waals surface area contributed by atoms with Crippen LogP contribution in [0.4, 0.5) is 14.5 Å². The molecule has 7 nitrogen and oxygen atoms in total. The third-order valence-corrected chi connectivity index (χ3v) is 8.93. The lowest BCUT2D eigenvalue weighted by molar-refractivity contribution is -0.139. The van der Waals surface area contributed by atoms with E-state index in [2.05, 4.69) is 5.32 Å². The summed E-state index contributed by atoms with van der Waals surface area (Å²) in [5, 5.41) is 3.00. The van der Waals surface area contributed by atoms with Crippen LogP contribution in [0.25, 0.3) is 0 Å². The van der Waals surface area contributed by atoms with E-state index < -0.39 is 46.1 Å². The average molecular weight is 570 g/mol. The molecule has 1 aliphatic carbocycles. The van der Waals surface area contributed by atoms with Crippen LogP contribution in [-0.2, 0) is 26.2 Å². The molecule has 1 saturated carbocycles. The standard InChI is InChI=1S/C30H33F2N3O4S/c1-22(30(37)33-25-11-4-2-5-12-25)34(20-23-10-8-9-15-28(23)32)29(36)21-35(26-18-16-24(31)17-19-26)40(38,39)27-13-6-3-7-14-27/h3,6-10,13-19,22,25H,2,4-5,11-12,20-21H2,1H3,(H,33,37). The second kappa shape index (κ2) is 13.0. The highest BCUT2D eigenvalue weighted by Gasteiger charge is 2.33. The number of nitrogens with zero attached hydrogens (tertiary/aromatic N) is 2. The minimum absolute atomic E-state index is 0.0108. The molecule has 4 rings (SSSR count). The number of carbonyl (C=O) groups is 2. The molecule has 3 aromatic rings. The van der Waals surface area contributed by atoms with E-state index in [4.69, 9.17) is 0 Å². The highest BCUT2D eigenvalue weighted by molar-refractivity contribution is 7.92. The summed E-state index contributed by atoms with van der Waals surface area (Å²) in [7, 11) is -4.26. The second-order valence-corrected chi connectivity index (χ2v) is 11.8. The Morgan fingerprint density at radius 1 is 0.900 bits per heavy atom. The Hall–Kier alpha value is -3.79. The quantitative estimate of drug-likeness (QED) is 0.371. The molecule has 1 unspecified atom stereocenters. The van der Waals surface area contributed by atoms with E-state index in [1.807, 2.05) is 0 Å². The molecule has 1 N–H and O–H groups in total. The Bertz CT molecular complexity index is 1410. The summed E-state index contributed by atoms with van der Waals surface area (Å²) in [6, 6.07) is 17.2. The molecule has 0 bridgehead atoms. The van der Waals surface area contributed by atoms with Crippen molar-refractivity contribution in [2.45, 2.75) is 62.6 Å². The van der Waals surface area contributed by atoms with Crippen molar-refractivity contribution in [3.8, 4) is 0 Å². The molecule has 40 heavy (non-hydrogen) atoms. The van der Waals surface area contributed by atoms with Crippen molar-refractivity contribution in [1.82, 2.24) is 10.2 Å². The number of anilines is 1. The zero-order chi connectivity index (χ0) is 28.7. The summed E-state index contributed by atoms with van der Waals surface area (Å²) >= 11 is 0. The van der Waals surface area contributed by atoms with E-state index in [9.17, 15) is 26.8 Å². The number of hydrogen-bond acceptors (Lipinski definition) is 4. The fourth-order valence-corrected chi connectivity index (χ4v) is 6.25. The van der Waals surface area contributed by atoms with Crippen molar-refractivity contribution in [2.75, 3.05) is 10.8 Å². The molecule has 0 aliphatic heterocycles. The van der Waals surface area contributed by atoms with Gasteiger partial charge >= 0.3 is 0 Å². The Morgan fingerprint density at radius 3 is 2.17 bits per heavy atom. The largest absolute Gasteiger partial charge is 0.352 e. The van der Waals surface area contributed by atoms with E-state index in [0.29, 0.717) is 0 Å². The Labute approximate surface area is 233 Å². The summed E-state index contributed by atoms with van der Waals surface area (Å²) < 4.78 is 56.6. The molecule has 0 heterocycles. The molecule has 10 heteroatoms. The van der Waals surface area contributed by atoms with Gasteiger partial charge in [-0.15, -0.1) is 0 Å². The Kier molecular flexibility index (Phi) is 9.52. The fraction of sp³-hybridized carbons (Fsp3) is 0.333. The van der Waals surface area contributed by atoms with E-state index >= 15 is 0 Å². The predicted octanol–water partition coefficient (Wildman–Crippen LogP) is 5.03. The molecule has 0 spiro atoms. The van der Waals surface area contributed by atoms with Gasteiger partial charge in [-0.2, -0.15) is 0 Å².